The molecule has 0 saturated carbocycles. The predicted molar refractivity (Wildman–Crippen MR) is 110 cm³/mol. The topological polar surface area (TPSA) is 43.1 Å². The number of benzene rings is 2. The fourth-order valence-corrected chi connectivity index (χ4v) is 3.86. The third-order valence-electron chi connectivity index (χ3n) is 5.18. The summed E-state index contributed by atoms with van der Waals surface area (Å²) in [5, 5.41) is 6.34. The van der Waals surface area contributed by atoms with E-state index >= 15 is 0 Å². The molecular weight excluding hydrogens is 356 g/mol. The molecule has 0 N–H and O–H groups in total. The van der Waals surface area contributed by atoms with Gasteiger partial charge in [0.25, 0.3) is 0 Å². The van der Waals surface area contributed by atoms with Crippen molar-refractivity contribution in [2.24, 2.45) is 4.99 Å². The van der Waals surface area contributed by atoms with Crippen molar-refractivity contribution < 1.29 is 0 Å². The van der Waals surface area contributed by atoms with Crippen molar-refractivity contribution in [2.75, 3.05) is 0 Å². The Morgan fingerprint density at radius 1 is 1.00 bits per heavy atom. The van der Waals surface area contributed by atoms with Gasteiger partial charge in [-0.1, -0.05) is 43.6 Å². The standard InChI is InChI=1S/C22H17ClN4/c1-22(2)18-10-5-14-4-3-11-24-19(14)20(18)26-21(22)15-12-25-27(13-15)17-8-6-16(23)7-9-17/h3-13H,1-2H3. The second kappa shape index (κ2) is 5.76. The van der Waals surface area contributed by atoms with Crippen LogP contribution in [0.1, 0.15) is 25.0 Å². The van der Waals surface area contributed by atoms with Crippen LogP contribution in [-0.2, 0) is 5.41 Å². The van der Waals surface area contributed by atoms with Gasteiger partial charge in [0.15, 0.2) is 0 Å². The fourth-order valence-electron chi connectivity index (χ4n) is 3.73. The lowest BCUT2D eigenvalue weighted by molar-refractivity contribution is 0.738. The van der Waals surface area contributed by atoms with Gasteiger partial charge in [0.05, 0.1) is 28.8 Å². The van der Waals surface area contributed by atoms with Crippen LogP contribution < -0.4 is 0 Å². The summed E-state index contributed by atoms with van der Waals surface area (Å²) in [6.45, 7) is 4.40. The minimum atomic E-state index is -0.213. The van der Waals surface area contributed by atoms with Gasteiger partial charge in [0.2, 0.25) is 0 Å². The molecule has 2 aromatic heterocycles. The van der Waals surface area contributed by atoms with Gasteiger partial charge in [0, 0.05) is 33.8 Å². The smallest absolute Gasteiger partial charge is 0.0961 e. The summed E-state index contributed by atoms with van der Waals surface area (Å²) >= 11 is 5.99. The first-order valence-electron chi connectivity index (χ1n) is 8.82. The van der Waals surface area contributed by atoms with Crippen molar-refractivity contribution in [2.45, 2.75) is 19.3 Å². The molecule has 132 valence electrons. The van der Waals surface area contributed by atoms with E-state index in [4.69, 9.17) is 16.6 Å². The van der Waals surface area contributed by atoms with E-state index in [0.717, 1.165) is 33.6 Å². The molecule has 3 heterocycles. The van der Waals surface area contributed by atoms with Gasteiger partial charge in [-0.15, -0.1) is 0 Å². The summed E-state index contributed by atoms with van der Waals surface area (Å²) in [7, 11) is 0. The number of rotatable bonds is 2. The van der Waals surface area contributed by atoms with Gasteiger partial charge in [-0.05, 0) is 35.9 Å². The number of hydrogen-bond acceptors (Lipinski definition) is 3. The van der Waals surface area contributed by atoms with Gasteiger partial charge in [-0.2, -0.15) is 5.10 Å². The van der Waals surface area contributed by atoms with Crippen molar-refractivity contribution in [3.63, 3.8) is 0 Å². The summed E-state index contributed by atoms with van der Waals surface area (Å²) in [5.74, 6) is 0. The van der Waals surface area contributed by atoms with Crippen molar-refractivity contribution in [3.05, 3.63) is 83.3 Å². The molecule has 1 aliphatic heterocycles. The Morgan fingerprint density at radius 3 is 2.63 bits per heavy atom. The zero-order chi connectivity index (χ0) is 18.6. The number of halogens is 1. The van der Waals surface area contributed by atoms with Gasteiger partial charge in [0.1, 0.15) is 0 Å². The maximum Gasteiger partial charge on any atom is 0.0961 e. The number of pyridine rings is 1. The zero-order valence-corrected chi connectivity index (χ0v) is 15.8. The molecule has 0 radical (unpaired) electrons. The van der Waals surface area contributed by atoms with Crippen LogP contribution in [0, 0.1) is 0 Å². The Kier molecular flexibility index (Phi) is 3.46. The van der Waals surface area contributed by atoms with Crippen LogP contribution in [0.25, 0.3) is 16.6 Å². The normalized spacial score (nSPS) is 15.0. The van der Waals surface area contributed by atoms with Crippen LogP contribution in [-0.4, -0.2) is 20.5 Å². The first kappa shape index (κ1) is 16.2. The van der Waals surface area contributed by atoms with Gasteiger partial charge in [-0.3, -0.25) is 4.98 Å². The molecular formula is C22H17ClN4. The lowest BCUT2D eigenvalue weighted by Gasteiger charge is -2.21. The Labute approximate surface area is 162 Å². The highest BCUT2D eigenvalue weighted by Crippen LogP contribution is 2.44. The molecule has 27 heavy (non-hydrogen) atoms. The molecule has 1 aliphatic rings. The molecule has 4 nitrogen and oxygen atoms in total. The molecule has 0 spiro atoms. The molecule has 5 heteroatoms. The summed E-state index contributed by atoms with van der Waals surface area (Å²) < 4.78 is 1.85. The van der Waals surface area contributed by atoms with E-state index in [9.17, 15) is 0 Å². The minimum absolute atomic E-state index is 0.213. The molecule has 2 aromatic carbocycles. The highest BCUT2D eigenvalue weighted by atomic mass is 35.5. The molecule has 0 amide bonds. The lowest BCUT2D eigenvalue weighted by atomic mass is 9.79. The van der Waals surface area contributed by atoms with Crippen LogP contribution in [0.15, 0.2) is 72.1 Å². The van der Waals surface area contributed by atoms with Crippen molar-refractivity contribution in [1.29, 1.82) is 0 Å². The molecule has 0 saturated heterocycles. The van der Waals surface area contributed by atoms with Gasteiger partial charge >= 0.3 is 0 Å². The minimum Gasteiger partial charge on any atom is -0.254 e. The number of hydrogen-bond donors (Lipinski definition) is 0. The first-order chi connectivity index (χ1) is 13.0. The van der Waals surface area contributed by atoms with Gasteiger partial charge in [-0.25, -0.2) is 9.67 Å². The lowest BCUT2D eigenvalue weighted by Crippen LogP contribution is -2.26. The quantitative estimate of drug-likeness (QED) is 0.467. The zero-order valence-electron chi connectivity index (χ0n) is 15.0. The SMILES string of the molecule is CC1(C)C(c2cnn(-c3ccc(Cl)cc3)c2)=Nc2c1ccc1cccnc21. The Bertz CT molecular complexity index is 1200. The van der Waals surface area contributed by atoms with Crippen molar-refractivity contribution in [3.8, 4) is 5.69 Å². The van der Waals surface area contributed by atoms with Crippen LogP contribution in [0.2, 0.25) is 5.02 Å². The fraction of sp³-hybridized carbons (Fsp3) is 0.136. The van der Waals surface area contributed by atoms with E-state index < -0.39 is 0 Å². The van der Waals surface area contributed by atoms with Crippen molar-refractivity contribution in [1.82, 2.24) is 14.8 Å². The summed E-state index contributed by atoms with van der Waals surface area (Å²) in [6, 6.07) is 15.9. The van der Waals surface area contributed by atoms with E-state index in [1.165, 1.54) is 5.56 Å². The number of nitrogens with zero attached hydrogens (tertiary/aromatic N) is 4. The summed E-state index contributed by atoms with van der Waals surface area (Å²) in [6.07, 6.45) is 5.71. The summed E-state index contributed by atoms with van der Waals surface area (Å²) in [4.78, 5) is 9.57. The Hall–Kier alpha value is -2.98. The number of fused-ring (bicyclic) bond motifs is 3. The van der Waals surface area contributed by atoms with Crippen LogP contribution in [0.4, 0.5) is 5.69 Å². The highest BCUT2D eigenvalue weighted by Gasteiger charge is 2.37. The maximum absolute atomic E-state index is 5.99. The largest absolute Gasteiger partial charge is 0.254 e. The predicted octanol–water partition coefficient (Wildman–Crippen LogP) is 5.49. The average Bonchev–Trinajstić information content (AvgIpc) is 3.25. The molecule has 4 aromatic rings. The maximum atomic E-state index is 5.99. The van der Waals surface area contributed by atoms with Crippen LogP contribution >= 0.6 is 11.6 Å². The molecule has 0 fully saturated rings. The second-order valence-corrected chi connectivity index (χ2v) is 7.71. The number of aromatic nitrogens is 3. The molecule has 0 aliphatic carbocycles. The third-order valence-corrected chi connectivity index (χ3v) is 5.44. The van der Waals surface area contributed by atoms with E-state index in [1.54, 1.807) is 0 Å². The molecule has 0 atom stereocenters. The Morgan fingerprint density at radius 2 is 1.81 bits per heavy atom. The van der Waals surface area contributed by atoms with E-state index in [0.29, 0.717) is 5.02 Å². The monoisotopic (exact) mass is 372 g/mol. The van der Waals surface area contributed by atoms with Gasteiger partial charge < -0.3 is 0 Å². The van der Waals surface area contributed by atoms with E-state index in [-0.39, 0.29) is 5.41 Å². The van der Waals surface area contributed by atoms with Crippen LogP contribution in [0.5, 0.6) is 0 Å². The molecule has 0 unspecified atom stereocenters. The third kappa shape index (κ3) is 2.48. The average molecular weight is 373 g/mol. The van der Waals surface area contributed by atoms with Crippen LogP contribution in [0.3, 0.4) is 0 Å². The van der Waals surface area contributed by atoms with E-state index in [1.807, 2.05) is 53.6 Å². The van der Waals surface area contributed by atoms with E-state index in [2.05, 4.69) is 42.1 Å². The number of aliphatic imine (C=N–C) groups is 1. The van der Waals surface area contributed by atoms with Crippen molar-refractivity contribution >= 4 is 33.9 Å². The Balaban J connectivity index is 1.63. The summed E-state index contributed by atoms with van der Waals surface area (Å²) in [5.41, 5.74) is 5.88. The second-order valence-electron chi connectivity index (χ2n) is 7.27. The molecule has 5 rings (SSSR count). The first-order valence-corrected chi connectivity index (χ1v) is 9.20. The highest BCUT2D eigenvalue weighted by molar-refractivity contribution is 6.30. The molecule has 0 bridgehead atoms.